The zero-order valence-electron chi connectivity index (χ0n) is 8.48. The van der Waals surface area contributed by atoms with Crippen molar-refractivity contribution < 1.29 is 9.26 Å². The third-order valence-corrected chi connectivity index (χ3v) is 2.46. The van der Waals surface area contributed by atoms with Gasteiger partial charge in [-0.2, -0.15) is 10.2 Å². The molecule has 1 fully saturated rings. The van der Waals surface area contributed by atoms with Crippen LogP contribution in [-0.4, -0.2) is 23.4 Å². The molecule has 5 heteroatoms. The van der Waals surface area contributed by atoms with E-state index in [0.717, 1.165) is 31.9 Å². The molecule has 0 bridgehead atoms. The molecule has 15 heavy (non-hydrogen) atoms. The van der Waals surface area contributed by atoms with Crippen molar-refractivity contribution in [2.75, 3.05) is 13.2 Å². The minimum atomic E-state index is 0.425. The number of hydrogen-bond acceptors (Lipinski definition) is 5. The molecule has 0 saturated carbocycles. The Morgan fingerprint density at radius 2 is 2.47 bits per heavy atom. The monoisotopic (exact) mass is 207 g/mol. The van der Waals surface area contributed by atoms with E-state index in [0.29, 0.717) is 24.7 Å². The molecule has 2 heterocycles. The van der Waals surface area contributed by atoms with E-state index in [2.05, 4.69) is 16.2 Å². The third kappa shape index (κ3) is 2.77. The first kappa shape index (κ1) is 10.1. The fourth-order valence-electron chi connectivity index (χ4n) is 1.64. The van der Waals surface area contributed by atoms with Crippen molar-refractivity contribution in [1.29, 1.82) is 5.26 Å². The van der Waals surface area contributed by atoms with E-state index in [9.17, 15) is 0 Å². The van der Waals surface area contributed by atoms with E-state index >= 15 is 0 Å². The lowest BCUT2D eigenvalue weighted by Crippen LogP contribution is -2.04. The summed E-state index contributed by atoms with van der Waals surface area (Å²) in [4.78, 5) is 4.23. The van der Waals surface area contributed by atoms with Gasteiger partial charge in [0.2, 0.25) is 5.89 Å². The average molecular weight is 207 g/mol. The predicted molar refractivity (Wildman–Crippen MR) is 50.9 cm³/mol. The molecule has 5 nitrogen and oxygen atoms in total. The highest BCUT2D eigenvalue weighted by atomic mass is 16.5. The van der Waals surface area contributed by atoms with Gasteiger partial charge in [-0.15, -0.1) is 0 Å². The first-order valence-corrected chi connectivity index (χ1v) is 5.14. The number of nitrogens with zero attached hydrogens (tertiary/aromatic N) is 3. The molecular weight excluding hydrogens is 194 g/mol. The smallest absolute Gasteiger partial charge is 0.227 e. The summed E-state index contributed by atoms with van der Waals surface area (Å²) in [6, 6.07) is 2.05. The molecule has 1 aromatic rings. The topological polar surface area (TPSA) is 71.9 Å². The number of rotatable bonds is 4. The molecule has 0 aromatic carbocycles. The van der Waals surface area contributed by atoms with Gasteiger partial charge in [0.1, 0.15) is 0 Å². The summed E-state index contributed by atoms with van der Waals surface area (Å²) in [7, 11) is 0. The Bertz CT molecular complexity index is 350. The molecule has 0 amide bonds. The zero-order valence-corrected chi connectivity index (χ0v) is 8.48. The molecule has 2 rings (SSSR count). The Labute approximate surface area is 88.0 Å². The van der Waals surface area contributed by atoms with E-state index in [1.54, 1.807) is 0 Å². The van der Waals surface area contributed by atoms with Gasteiger partial charge in [0.15, 0.2) is 5.82 Å². The molecule has 1 atom stereocenters. The number of nitriles is 1. The maximum absolute atomic E-state index is 8.41. The van der Waals surface area contributed by atoms with Gasteiger partial charge in [-0.1, -0.05) is 5.16 Å². The van der Waals surface area contributed by atoms with E-state index < -0.39 is 0 Å². The number of ether oxygens (including phenoxy) is 1. The van der Waals surface area contributed by atoms with Gasteiger partial charge in [-0.25, -0.2) is 0 Å². The van der Waals surface area contributed by atoms with Gasteiger partial charge in [0.05, 0.1) is 6.07 Å². The molecule has 0 radical (unpaired) electrons. The summed E-state index contributed by atoms with van der Waals surface area (Å²) in [6.07, 6.45) is 2.86. The molecule has 1 saturated heterocycles. The summed E-state index contributed by atoms with van der Waals surface area (Å²) in [6.45, 7) is 1.63. The molecule has 1 unspecified atom stereocenters. The van der Waals surface area contributed by atoms with Crippen molar-refractivity contribution in [2.24, 2.45) is 5.92 Å². The highest BCUT2D eigenvalue weighted by Gasteiger charge is 2.18. The fraction of sp³-hybridized carbons (Fsp3) is 0.700. The second kappa shape index (κ2) is 4.89. The van der Waals surface area contributed by atoms with Gasteiger partial charge in [-0.3, -0.25) is 0 Å². The van der Waals surface area contributed by atoms with Crippen molar-refractivity contribution in [1.82, 2.24) is 10.1 Å². The van der Waals surface area contributed by atoms with Gasteiger partial charge >= 0.3 is 0 Å². The first-order valence-electron chi connectivity index (χ1n) is 5.14. The van der Waals surface area contributed by atoms with E-state index in [1.165, 1.54) is 0 Å². The number of aryl methyl sites for hydroxylation is 1. The van der Waals surface area contributed by atoms with Crippen LogP contribution in [0.5, 0.6) is 0 Å². The van der Waals surface area contributed by atoms with Crippen LogP contribution >= 0.6 is 0 Å². The van der Waals surface area contributed by atoms with Crippen molar-refractivity contribution in [2.45, 2.75) is 25.7 Å². The molecule has 1 aromatic heterocycles. The summed E-state index contributed by atoms with van der Waals surface area (Å²) in [5.74, 6) is 1.82. The van der Waals surface area contributed by atoms with Crippen LogP contribution in [0.4, 0.5) is 0 Å². The van der Waals surface area contributed by atoms with Crippen molar-refractivity contribution in [3.8, 4) is 6.07 Å². The average Bonchev–Trinajstić information content (AvgIpc) is 2.87. The second-order valence-electron chi connectivity index (χ2n) is 3.70. The highest BCUT2D eigenvalue weighted by Crippen LogP contribution is 2.16. The molecule has 80 valence electrons. The normalized spacial score (nSPS) is 20.3. The Balaban J connectivity index is 1.86. The van der Waals surface area contributed by atoms with Crippen molar-refractivity contribution >= 4 is 0 Å². The minimum absolute atomic E-state index is 0.425. The lowest BCUT2D eigenvalue weighted by molar-refractivity contribution is 0.185. The van der Waals surface area contributed by atoms with Crippen molar-refractivity contribution in [3.63, 3.8) is 0 Å². The van der Waals surface area contributed by atoms with Crippen LogP contribution < -0.4 is 0 Å². The van der Waals surface area contributed by atoms with E-state index in [4.69, 9.17) is 14.5 Å². The predicted octanol–water partition coefficient (Wildman–Crippen LogP) is 1.10. The fourth-order valence-corrected chi connectivity index (χ4v) is 1.64. The molecule has 0 spiro atoms. The Hall–Kier alpha value is -1.41. The van der Waals surface area contributed by atoms with Crippen LogP contribution in [0.25, 0.3) is 0 Å². The summed E-state index contributed by atoms with van der Waals surface area (Å²) in [5.41, 5.74) is 0. The molecule has 0 aliphatic carbocycles. The van der Waals surface area contributed by atoms with Crippen LogP contribution in [0.1, 0.15) is 24.6 Å². The molecule has 1 aliphatic heterocycles. The van der Waals surface area contributed by atoms with E-state index in [-0.39, 0.29) is 0 Å². The van der Waals surface area contributed by atoms with E-state index in [1.807, 2.05) is 0 Å². The SMILES string of the molecule is N#CCCc1nc(CC2CCOC2)no1. The van der Waals surface area contributed by atoms with Crippen LogP contribution in [-0.2, 0) is 17.6 Å². The molecule has 0 N–H and O–H groups in total. The highest BCUT2D eigenvalue weighted by molar-refractivity contribution is 4.91. The van der Waals surface area contributed by atoms with Gasteiger partial charge < -0.3 is 9.26 Å². The van der Waals surface area contributed by atoms with Crippen LogP contribution in [0.2, 0.25) is 0 Å². The quantitative estimate of drug-likeness (QED) is 0.739. The second-order valence-corrected chi connectivity index (χ2v) is 3.70. The Morgan fingerprint density at radius 1 is 1.53 bits per heavy atom. The Morgan fingerprint density at radius 3 is 3.20 bits per heavy atom. The summed E-state index contributed by atoms with van der Waals surface area (Å²) in [5, 5.41) is 12.3. The number of aromatic nitrogens is 2. The third-order valence-electron chi connectivity index (χ3n) is 2.46. The van der Waals surface area contributed by atoms with Gasteiger partial charge in [0.25, 0.3) is 0 Å². The first-order chi connectivity index (χ1) is 7.38. The molecular formula is C10H13N3O2. The minimum Gasteiger partial charge on any atom is -0.381 e. The standard InChI is InChI=1S/C10H13N3O2/c11-4-1-2-10-12-9(13-15-10)6-8-3-5-14-7-8/h8H,1-3,5-7H2. The Kier molecular flexibility index (Phi) is 3.30. The van der Waals surface area contributed by atoms with Gasteiger partial charge in [0, 0.05) is 32.5 Å². The summed E-state index contributed by atoms with van der Waals surface area (Å²) < 4.78 is 10.3. The number of hydrogen-bond donors (Lipinski definition) is 0. The maximum Gasteiger partial charge on any atom is 0.227 e. The lowest BCUT2D eigenvalue weighted by Gasteiger charge is -2.00. The lowest BCUT2D eigenvalue weighted by atomic mass is 10.1. The maximum atomic E-state index is 8.41. The van der Waals surface area contributed by atoms with Crippen LogP contribution in [0.15, 0.2) is 4.52 Å². The van der Waals surface area contributed by atoms with Crippen LogP contribution in [0.3, 0.4) is 0 Å². The summed E-state index contributed by atoms with van der Waals surface area (Å²) >= 11 is 0. The van der Waals surface area contributed by atoms with Crippen molar-refractivity contribution in [3.05, 3.63) is 11.7 Å². The largest absolute Gasteiger partial charge is 0.381 e. The van der Waals surface area contributed by atoms with Gasteiger partial charge in [-0.05, 0) is 12.3 Å². The van der Waals surface area contributed by atoms with Crippen LogP contribution in [0, 0.1) is 17.2 Å². The zero-order chi connectivity index (χ0) is 10.5. The molecule has 1 aliphatic rings.